The second-order valence-corrected chi connectivity index (χ2v) is 10.1. The molecule has 35 heavy (non-hydrogen) atoms. The number of amides is 1. The first-order valence-corrected chi connectivity index (χ1v) is 12.6. The lowest BCUT2D eigenvalue weighted by Gasteiger charge is -2.33. The minimum atomic E-state index is -4.68. The second kappa shape index (κ2) is 9.88. The maximum Gasteiger partial charge on any atom is 0.312 e. The van der Waals surface area contributed by atoms with Gasteiger partial charge in [0.05, 0.1) is 22.0 Å². The Labute approximate surface area is 206 Å². The van der Waals surface area contributed by atoms with Crippen LogP contribution in [0.4, 0.5) is 20.2 Å². The zero-order chi connectivity index (χ0) is 25.3. The fourth-order valence-electron chi connectivity index (χ4n) is 4.23. The van der Waals surface area contributed by atoms with Crippen LogP contribution < -0.4 is 5.32 Å². The van der Waals surface area contributed by atoms with E-state index in [1.54, 1.807) is 17.0 Å². The lowest BCUT2D eigenvalue weighted by molar-refractivity contribution is 0.0713. The third kappa shape index (κ3) is 5.44. The zero-order valence-electron chi connectivity index (χ0n) is 18.6. The number of anilines is 2. The molecule has 1 saturated heterocycles. The van der Waals surface area contributed by atoms with Crippen LogP contribution in [0.25, 0.3) is 0 Å². The minimum absolute atomic E-state index is 0.0140. The number of aromatic nitrogens is 1. The lowest BCUT2D eigenvalue weighted by atomic mass is 9.89. The average molecular weight is 522 g/mol. The van der Waals surface area contributed by atoms with Crippen molar-refractivity contribution < 1.29 is 26.5 Å². The molecule has 1 amide bonds. The quantitative estimate of drug-likeness (QED) is 0.440. The smallest absolute Gasteiger partial charge is 0.312 e. The Bertz CT molecular complexity index is 1380. The summed E-state index contributed by atoms with van der Waals surface area (Å²) in [5, 5.41) is 2.37. The van der Waals surface area contributed by atoms with E-state index in [1.165, 1.54) is 25.1 Å². The van der Waals surface area contributed by atoms with E-state index in [-0.39, 0.29) is 39.3 Å². The van der Waals surface area contributed by atoms with Gasteiger partial charge in [0.1, 0.15) is 11.6 Å². The highest BCUT2D eigenvalue weighted by atomic mass is 35.5. The van der Waals surface area contributed by atoms with Gasteiger partial charge >= 0.3 is 10.1 Å². The predicted octanol–water partition coefficient (Wildman–Crippen LogP) is 5.33. The summed E-state index contributed by atoms with van der Waals surface area (Å²) in [5.41, 5.74) is 1.20. The van der Waals surface area contributed by atoms with Crippen molar-refractivity contribution in [3.63, 3.8) is 0 Å². The minimum Gasteiger partial charge on any atom is -0.353 e. The molecule has 184 valence electrons. The van der Waals surface area contributed by atoms with Crippen molar-refractivity contribution >= 4 is 39.0 Å². The summed E-state index contributed by atoms with van der Waals surface area (Å²) in [5.74, 6) is -1.13. The van der Waals surface area contributed by atoms with Gasteiger partial charge in [-0.2, -0.15) is 8.42 Å². The van der Waals surface area contributed by atoms with Crippen molar-refractivity contribution in [1.82, 2.24) is 9.88 Å². The van der Waals surface area contributed by atoms with Gasteiger partial charge < -0.3 is 10.2 Å². The normalized spacial score (nSPS) is 14.7. The molecular weight excluding hydrogens is 500 g/mol. The summed E-state index contributed by atoms with van der Waals surface area (Å²) in [6.07, 6.45) is 2.39. The van der Waals surface area contributed by atoms with Crippen molar-refractivity contribution in [3.05, 3.63) is 82.0 Å². The molecule has 0 unspecified atom stereocenters. The molecule has 11 heteroatoms. The summed E-state index contributed by atoms with van der Waals surface area (Å²) in [4.78, 5) is 18.9. The molecule has 2 heterocycles. The Hall–Kier alpha value is -3.08. The lowest BCUT2D eigenvalue weighted by Crippen LogP contribution is -2.38. The number of carbonyl (C=O) groups excluding carboxylic acids is 1. The van der Waals surface area contributed by atoms with Crippen LogP contribution in [-0.2, 0) is 10.1 Å². The highest BCUT2D eigenvalue weighted by molar-refractivity contribution is 7.85. The molecule has 2 N–H and O–H groups in total. The number of halogens is 3. The highest BCUT2D eigenvalue weighted by Crippen LogP contribution is 2.34. The first kappa shape index (κ1) is 25.0. The van der Waals surface area contributed by atoms with Crippen LogP contribution in [0.2, 0.25) is 5.02 Å². The Balaban J connectivity index is 1.64. The number of carbonyl (C=O) groups is 1. The highest BCUT2D eigenvalue weighted by Gasteiger charge is 2.29. The van der Waals surface area contributed by atoms with E-state index >= 15 is 0 Å². The van der Waals surface area contributed by atoms with Gasteiger partial charge in [-0.3, -0.25) is 9.35 Å². The first-order chi connectivity index (χ1) is 16.5. The van der Waals surface area contributed by atoms with Crippen LogP contribution in [0.3, 0.4) is 0 Å². The van der Waals surface area contributed by atoms with E-state index in [2.05, 4.69) is 10.3 Å². The van der Waals surface area contributed by atoms with Gasteiger partial charge in [-0.25, -0.2) is 13.8 Å². The summed E-state index contributed by atoms with van der Waals surface area (Å²) < 4.78 is 60.3. The molecule has 3 aromatic rings. The molecule has 0 aliphatic carbocycles. The molecule has 1 aliphatic heterocycles. The second-order valence-electron chi connectivity index (χ2n) is 8.32. The SMILES string of the molecule is Cc1c(S(=O)(=O)O)ncc(C(=O)N2CCC(c3ccc(F)cc3)CC2)c1Nc1cc(F)ccc1Cl. The van der Waals surface area contributed by atoms with E-state index in [0.717, 1.165) is 23.9 Å². The Morgan fingerprint density at radius 2 is 1.74 bits per heavy atom. The number of benzene rings is 2. The number of nitrogens with zero attached hydrogens (tertiary/aromatic N) is 2. The van der Waals surface area contributed by atoms with Crippen LogP contribution in [0.1, 0.15) is 40.2 Å². The van der Waals surface area contributed by atoms with Crippen LogP contribution in [0.5, 0.6) is 0 Å². The molecular formula is C24H22ClF2N3O4S. The van der Waals surface area contributed by atoms with Crippen molar-refractivity contribution in [1.29, 1.82) is 0 Å². The third-order valence-corrected chi connectivity index (χ3v) is 7.29. The number of nitrogens with one attached hydrogen (secondary N) is 1. The largest absolute Gasteiger partial charge is 0.353 e. The fraction of sp³-hybridized carbons (Fsp3) is 0.250. The van der Waals surface area contributed by atoms with Gasteiger partial charge in [-0.15, -0.1) is 0 Å². The number of likely N-dealkylation sites (tertiary alicyclic amines) is 1. The molecule has 4 rings (SSSR count). The van der Waals surface area contributed by atoms with Crippen LogP contribution in [-0.4, -0.2) is 41.9 Å². The van der Waals surface area contributed by atoms with Crippen molar-refractivity contribution in [3.8, 4) is 0 Å². The predicted molar refractivity (Wildman–Crippen MR) is 128 cm³/mol. The van der Waals surface area contributed by atoms with E-state index in [1.807, 2.05) is 0 Å². The number of pyridine rings is 1. The third-order valence-electron chi connectivity index (χ3n) is 6.06. The summed E-state index contributed by atoms with van der Waals surface area (Å²) in [7, 11) is -4.68. The summed E-state index contributed by atoms with van der Waals surface area (Å²) in [6, 6.07) is 9.89. The Morgan fingerprint density at radius 3 is 2.37 bits per heavy atom. The molecule has 1 aromatic heterocycles. The van der Waals surface area contributed by atoms with Crippen molar-refractivity contribution in [2.24, 2.45) is 0 Å². The molecule has 1 fully saturated rings. The van der Waals surface area contributed by atoms with Crippen LogP contribution >= 0.6 is 11.6 Å². The molecule has 0 spiro atoms. The molecule has 0 radical (unpaired) electrons. The van der Waals surface area contributed by atoms with E-state index in [9.17, 15) is 26.5 Å². The monoisotopic (exact) mass is 521 g/mol. The van der Waals surface area contributed by atoms with E-state index in [4.69, 9.17) is 11.6 Å². The number of rotatable bonds is 5. The first-order valence-electron chi connectivity index (χ1n) is 10.8. The van der Waals surface area contributed by atoms with Gasteiger partial charge in [0.25, 0.3) is 5.91 Å². The molecule has 0 atom stereocenters. The van der Waals surface area contributed by atoms with E-state index < -0.39 is 26.9 Å². The molecule has 1 aliphatic rings. The zero-order valence-corrected chi connectivity index (χ0v) is 20.2. The summed E-state index contributed by atoms with van der Waals surface area (Å²) >= 11 is 6.16. The fourth-order valence-corrected chi connectivity index (χ4v) is 5.07. The maximum absolute atomic E-state index is 13.8. The Morgan fingerprint density at radius 1 is 1.11 bits per heavy atom. The molecule has 0 saturated carbocycles. The van der Waals surface area contributed by atoms with Crippen LogP contribution in [0.15, 0.2) is 53.7 Å². The van der Waals surface area contributed by atoms with Crippen molar-refractivity contribution in [2.45, 2.75) is 30.7 Å². The molecule has 2 aromatic carbocycles. The van der Waals surface area contributed by atoms with Crippen molar-refractivity contribution in [2.75, 3.05) is 18.4 Å². The van der Waals surface area contributed by atoms with Gasteiger partial charge in [0.2, 0.25) is 0 Å². The topological polar surface area (TPSA) is 99.6 Å². The summed E-state index contributed by atoms with van der Waals surface area (Å²) in [6.45, 7) is 2.21. The van der Waals surface area contributed by atoms with Gasteiger partial charge in [-0.1, -0.05) is 23.7 Å². The molecule has 7 nitrogen and oxygen atoms in total. The molecule has 0 bridgehead atoms. The van der Waals surface area contributed by atoms with E-state index in [0.29, 0.717) is 25.9 Å². The maximum atomic E-state index is 13.8. The van der Waals surface area contributed by atoms with Gasteiger partial charge in [0, 0.05) is 24.8 Å². The average Bonchev–Trinajstić information content (AvgIpc) is 2.82. The van der Waals surface area contributed by atoms with Gasteiger partial charge in [0.15, 0.2) is 5.03 Å². The standard InChI is InChI=1S/C24H22ClF2N3O4S/c1-14-22(29-21-12-18(27)6-7-20(21)25)19(13-28-23(14)35(32,33)34)24(31)30-10-8-16(9-11-30)15-2-4-17(26)5-3-15/h2-7,12-13,16H,8-11H2,1H3,(H,28,29)(H,32,33,34). The number of piperidine rings is 1. The van der Waals surface area contributed by atoms with Crippen LogP contribution in [0, 0.1) is 18.6 Å². The number of hydrogen-bond acceptors (Lipinski definition) is 5. The Kier molecular flexibility index (Phi) is 7.07. The number of hydrogen-bond donors (Lipinski definition) is 2. The van der Waals surface area contributed by atoms with Gasteiger partial charge in [-0.05, 0) is 61.6 Å².